The van der Waals surface area contributed by atoms with Crippen molar-refractivity contribution in [3.05, 3.63) is 23.8 Å². The Balaban J connectivity index is 2.83. The zero-order valence-electron chi connectivity index (χ0n) is 10.3. The van der Waals surface area contributed by atoms with Gasteiger partial charge in [0.1, 0.15) is 0 Å². The van der Waals surface area contributed by atoms with Gasteiger partial charge in [-0.3, -0.25) is 4.79 Å². The van der Waals surface area contributed by atoms with Crippen molar-refractivity contribution in [3.63, 3.8) is 0 Å². The van der Waals surface area contributed by atoms with Crippen LogP contribution in [0.15, 0.2) is 18.2 Å². The molecule has 1 aromatic carbocycles. The summed E-state index contributed by atoms with van der Waals surface area (Å²) in [6, 6.07) is 2.61. The number of carbonyl (C=O) groups excluding carboxylic acids is 2. The van der Waals surface area contributed by atoms with E-state index in [1.165, 1.54) is 18.2 Å². The van der Waals surface area contributed by atoms with Crippen LogP contribution in [-0.2, 0) is 9.53 Å². The lowest BCUT2D eigenvalue weighted by Gasteiger charge is -2.15. The van der Waals surface area contributed by atoms with Crippen molar-refractivity contribution >= 4 is 11.9 Å². The van der Waals surface area contributed by atoms with E-state index in [1.807, 2.05) is 0 Å². The van der Waals surface area contributed by atoms with Crippen molar-refractivity contribution < 1.29 is 29.6 Å². The second-order valence-corrected chi connectivity index (χ2v) is 3.63. The topological polar surface area (TPSA) is 116 Å². The molecule has 4 N–H and O–H groups in total. The van der Waals surface area contributed by atoms with E-state index >= 15 is 0 Å². The van der Waals surface area contributed by atoms with Crippen molar-refractivity contribution in [2.45, 2.75) is 13.0 Å². The summed E-state index contributed by atoms with van der Waals surface area (Å²) in [6.45, 7) is 1.07. The highest BCUT2D eigenvalue weighted by Crippen LogP contribution is 2.27. The number of aromatic hydroxyl groups is 2. The Bertz CT molecular complexity index is 473. The molecule has 1 aromatic rings. The third-order valence-corrected chi connectivity index (χ3v) is 2.32. The highest BCUT2D eigenvalue weighted by Gasteiger charge is 2.23. The molecule has 104 valence electrons. The largest absolute Gasteiger partial charge is 0.504 e. The van der Waals surface area contributed by atoms with E-state index in [4.69, 9.17) is 5.11 Å². The first-order valence-corrected chi connectivity index (χ1v) is 5.60. The van der Waals surface area contributed by atoms with Crippen LogP contribution in [0.1, 0.15) is 17.3 Å². The zero-order chi connectivity index (χ0) is 14.4. The molecule has 7 heteroatoms. The normalized spacial score (nSPS) is 11.7. The maximum atomic E-state index is 11.8. The van der Waals surface area contributed by atoms with Crippen molar-refractivity contribution in [2.24, 2.45) is 0 Å². The number of ether oxygens (including phenoxy) is 1. The maximum absolute atomic E-state index is 11.8. The minimum absolute atomic E-state index is 0.114. The Morgan fingerprint density at radius 3 is 2.63 bits per heavy atom. The minimum atomic E-state index is -1.23. The van der Waals surface area contributed by atoms with Crippen LogP contribution >= 0.6 is 0 Å². The Hall–Kier alpha value is -2.28. The summed E-state index contributed by atoms with van der Waals surface area (Å²) < 4.78 is 4.66. The van der Waals surface area contributed by atoms with Gasteiger partial charge in [-0.2, -0.15) is 0 Å². The lowest BCUT2D eigenvalue weighted by atomic mass is 10.1. The third-order valence-electron chi connectivity index (χ3n) is 2.32. The number of rotatable bonds is 5. The van der Waals surface area contributed by atoms with Crippen LogP contribution in [0.2, 0.25) is 0 Å². The molecule has 0 aliphatic heterocycles. The van der Waals surface area contributed by atoms with E-state index in [2.05, 4.69) is 10.1 Å². The number of nitrogens with one attached hydrogen (secondary N) is 1. The molecule has 0 fully saturated rings. The van der Waals surface area contributed by atoms with Crippen LogP contribution in [0.5, 0.6) is 11.5 Å². The van der Waals surface area contributed by atoms with Crippen LogP contribution in [0.3, 0.4) is 0 Å². The Morgan fingerprint density at radius 1 is 1.37 bits per heavy atom. The van der Waals surface area contributed by atoms with Gasteiger partial charge in [-0.25, -0.2) is 4.79 Å². The van der Waals surface area contributed by atoms with Gasteiger partial charge in [-0.1, -0.05) is 6.07 Å². The molecule has 19 heavy (non-hydrogen) atoms. The first-order valence-electron chi connectivity index (χ1n) is 5.60. The highest BCUT2D eigenvalue weighted by atomic mass is 16.5. The Kier molecular flexibility index (Phi) is 5.13. The zero-order valence-corrected chi connectivity index (χ0v) is 10.3. The molecule has 0 spiro atoms. The molecule has 0 aliphatic carbocycles. The van der Waals surface area contributed by atoms with Crippen molar-refractivity contribution in [1.29, 1.82) is 0 Å². The summed E-state index contributed by atoms with van der Waals surface area (Å²) in [5, 5.41) is 30.0. The first kappa shape index (κ1) is 14.8. The summed E-state index contributed by atoms with van der Waals surface area (Å²) in [7, 11) is 0. The monoisotopic (exact) mass is 269 g/mol. The number of benzene rings is 1. The summed E-state index contributed by atoms with van der Waals surface area (Å²) in [5.74, 6) is -2.64. The fourth-order valence-corrected chi connectivity index (χ4v) is 1.37. The molecule has 1 rings (SSSR count). The Labute approximate surface area is 109 Å². The van der Waals surface area contributed by atoms with E-state index in [-0.39, 0.29) is 12.2 Å². The molecule has 0 aromatic heterocycles. The third kappa shape index (κ3) is 3.59. The first-order chi connectivity index (χ1) is 9.01. The Morgan fingerprint density at radius 2 is 2.05 bits per heavy atom. The number of hydrogen-bond donors (Lipinski definition) is 4. The van der Waals surface area contributed by atoms with Crippen LogP contribution in [0.25, 0.3) is 0 Å². The number of carbonyl (C=O) groups is 2. The fourth-order valence-electron chi connectivity index (χ4n) is 1.37. The summed E-state index contributed by atoms with van der Waals surface area (Å²) >= 11 is 0. The van der Waals surface area contributed by atoms with Crippen LogP contribution in [-0.4, -0.2) is 46.5 Å². The lowest BCUT2D eigenvalue weighted by Crippen LogP contribution is -2.44. The summed E-state index contributed by atoms with van der Waals surface area (Å²) in [4.78, 5) is 23.2. The average molecular weight is 269 g/mol. The molecule has 0 radical (unpaired) electrons. The van der Waals surface area contributed by atoms with Gasteiger partial charge < -0.3 is 25.4 Å². The van der Waals surface area contributed by atoms with Gasteiger partial charge >= 0.3 is 5.97 Å². The SMILES string of the molecule is CCOC(=O)[C@H](CO)NC(=O)c1cccc(O)c1O. The van der Waals surface area contributed by atoms with Gasteiger partial charge in [-0.05, 0) is 19.1 Å². The number of esters is 1. The molecule has 1 atom stereocenters. The van der Waals surface area contributed by atoms with Crippen molar-refractivity contribution in [3.8, 4) is 11.5 Å². The molecule has 0 unspecified atom stereocenters. The molecular weight excluding hydrogens is 254 g/mol. The van der Waals surface area contributed by atoms with Crippen molar-refractivity contribution in [2.75, 3.05) is 13.2 Å². The smallest absolute Gasteiger partial charge is 0.331 e. The molecule has 7 nitrogen and oxygen atoms in total. The number of para-hydroxylation sites is 1. The lowest BCUT2D eigenvalue weighted by molar-refractivity contribution is -0.146. The van der Waals surface area contributed by atoms with Gasteiger partial charge in [0.25, 0.3) is 5.91 Å². The van der Waals surface area contributed by atoms with Crippen LogP contribution in [0.4, 0.5) is 0 Å². The maximum Gasteiger partial charge on any atom is 0.331 e. The van der Waals surface area contributed by atoms with E-state index in [9.17, 15) is 19.8 Å². The van der Waals surface area contributed by atoms with Gasteiger partial charge in [0.05, 0.1) is 18.8 Å². The van der Waals surface area contributed by atoms with E-state index in [0.29, 0.717) is 0 Å². The number of aliphatic hydroxyl groups is 1. The number of amides is 1. The summed E-state index contributed by atoms with van der Waals surface area (Å²) in [5.41, 5.74) is -0.206. The summed E-state index contributed by atoms with van der Waals surface area (Å²) in [6.07, 6.45) is 0. The van der Waals surface area contributed by atoms with Crippen molar-refractivity contribution in [1.82, 2.24) is 5.32 Å². The molecule has 0 saturated carbocycles. The molecule has 0 heterocycles. The second kappa shape index (κ2) is 6.60. The second-order valence-electron chi connectivity index (χ2n) is 3.63. The van der Waals surface area contributed by atoms with Gasteiger partial charge in [0.2, 0.25) is 0 Å². The van der Waals surface area contributed by atoms with E-state index in [1.54, 1.807) is 6.92 Å². The fraction of sp³-hybridized carbons (Fsp3) is 0.333. The predicted molar refractivity (Wildman–Crippen MR) is 64.7 cm³/mol. The molecular formula is C12H15NO6. The number of phenolic OH excluding ortho intramolecular Hbond substituents is 2. The quantitative estimate of drug-likeness (QED) is 0.433. The van der Waals surface area contributed by atoms with E-state index < -0.39 is 36.0 Å². The van der Waals surface area contributed by atoms with E-state index in [0.717, 1.165) is 0 Å². The molecule has 1 amide bonds. The molecule has 0 aliphatic rings. The number of phenols is 2. The highest BCUT2D eigenvalue weighted by molar-refractivity contribution is 5.99. The number of aliphatic hydroxyl groups excluding tert-OH is 1. The predicted octanol–water partition coefficient (Wildman–Crippen LogP) is -0.248. The van der Waals surface area contributed by atoms with Crippen LogP contribution in [0, 0.1) is 0 Å². The van der Waals surface area contributed by atoms with Gasteiger partial charge in [0.15, 0.2) is 17.5 Å². The molecule has 0 bridgehead atoms. The minimum Gasteiger partial charge on any atom is -0.504 e. The average Bonchev–Trinajstić information content (AvgIpc) is 2.39. The number of hydrogen-bond acceptors (Lipinski definition) is 6. The standard InChI is InChI=1S/C12H15NO6/c1-2-19-12(18)8(6-14)13-11(17)7-4-3-5-9(15)10(7)16/h3-5,8,14-16H,2,6H2,1H3,(H,13,17)/t8-/m0/s1. The van der Waals surface area contributed by atoms with Gasteiger partial charge in [-0.15, -0.1) is 0 Å². The van der Waals surface area contributed by atoms with Crippen LogP contribution < -0.4 is 5.32 Å². The molecule has 0 saturated heterocycles. The van der Waals surface area contributed by atoms with Gasteiger partial charge in [0, 0.05) is 0 Å².